The molecule has 1 amide bonds. The molecule has 9 heavy (non-hydrogen) atoms. The summed E-state index contributed by atoms with van der Waals surface area (Å²) in [6, 6.07) is 0. The number of nitrogens with zero attached hydrogens (tertiary/aromatic N) is 1. The molecule has 0 aromatic rings. The third-order valence-electron chi connectivity index (χ3n) is 1.26. The zero-order chi connectivity index (χ0) is 6.69. The number of hydrogen-bond acceptors (Lipinski definition) is 2. The smallest absolute Gasteiger partial charge is 0.246 e. The van der Waals surface area contributed by atoms with Gasteiger partial charge in [-0.25, -0.2) is 5.06 Å². The molecule has 1 aliphatic rings. The van der Waals surface area contributed by atoms with Gasteiger partial charge in [-0.15, -0.1) is 0 Å². The second-order valence-corrected chi connectivity index (χ2v) is 1.93. The molecule has 1 saturated heterocycles. The van der Waals surface area contributed by atoms with Crippen LogP contribution in [-0.4, -0.2) is 24.1 Å². The van der Waals surface area contributed by atoms with Gasteiger partial charge in [0.25, 0.3) is 0 Å². The van der Waals surface area contributed by atoms with Gasteiger partial charge in [-0.05, 0) is 13.3 Å². The number of hydroxylamine groups is 2. The molecule has 0 aliphatic carbocycles. The van der Waals surface area contributed by atoms with E-state index in [9.17, 15) is 4.79 Å². The first kappa shape index (κ1) is 6.55. The molecule has 3 heteroatoms. The lowest BCUT2D eigenvalue weighted by Crippen LogP contribution is -2.35. The molecule has 0 aromatic carbocycles. The van der Waals surface area contributed by atoms with Crippen LogP contribution in [0.4, 0.5) is 0 Å². The fraction of sp³-hybridized carbons (Fsp3) is 0.667. The monoisotopic (exact) mass is 128 g/mol. The van der Waals surface area contributed by atoms with Crippen molar-refractivity contribution in [2.45, 2.75) is 12.8 Å². The largest absolute Gasteiger partial charge is 0.273 e. The van der Waals surface area contributed by atoms with Crippen LogP contribution < -0.4 is 0 Å². The Morgan fingerprint density at radius 1 is 1.78 bits per heavy atom. The highest BCUT2D eigenvalue weighted by Gasteiger charge is 2.16. The highest BCUT2D eigenvalue weighted by Crippen LogP contribution is 2.05. The van der Waals surface area contributed by atoms with Crippen molar-refractivity contribution >= 4 is 5.91 Å². The number of rotatable bonds is 1. The van der Waals surface area contributed by atoms with Crippen molar-refractivity contribution in [3.05, 3.63) is 6.92 Å². The highest BCUT2D eigenvalue weighted by molar-refractivity contribution is 5.75. The van der Waals surface area contributed by atoms with Crippen LogP contribution in [0.3, 0.4) is 0 Å². The molecule has 0 saturated carbocycles. The molecule has 1 aliphatic heterocycles. The maximum absolute atomic E-state index is 10.8. The van der Waals surface area contributed by atoms with Gasteiger partial charge in [0.15, 0.2) is 0 Å². The quantitative estimate of drug-likeness (QED) is 0.510. The maximum Gasteiger partial charge on any atom is 0.246 e. The van der Waals surface area contributed by atoms with Crippen molar-refractivity contribution in [3.8, 4) is 0 Å². The van der Waals surface area contributed by atoms with Gasteiger partial charge in [-0.2, -0.15) is 0 Å². The van der Waals surface area contributed by atoms with Gasteiger partial charge in [-0.1, -0.05) is 0 Å². The first-order valence-corrected chi connectivity index (χ1v) is 3.07. The lowest BCUT2D eigenvalue weighted by Gasteiger charge is -2.23. The van der Waals surface area contributed by atoms with Crippen LogP contribution in [0.5, 0.6) is 0 Å². The number of carbonyl (C=O) groups is 1. The van der Waals surface area contributed by atoms with Gasteiger partial charge in [-0.3, -0.25) is 9.63 Å². The van der Waals surface area contributed by atoms with E-state index in [1.807, 2.05) is 0 Å². The molecule has 1 fully saturated rings. The summed E-state index contributed by atoms with van der Waals surface area (Å²) in [5.41, 5.74) is 0. The number of carbonyl (C=O) groups excluding carboxylic acids is 1. The fourth-order valence-corrected chi connectivity index (χ4v) is 0.784. The summed E-state index contributed by atoms with van der Waals surface area (Å²) in [6.45, 7) is 4.61. The first-order valence-electron chi connectivity index (χ1n) is 3.07. The summed E-state index contributed by atoms with van der Waals surface area (Å²) in [5.74, 6) is 0.0521. The maximum atomic E-state index is 10.8. The van der Waals surface area contributed by atoms with Gasteiger partial charge >= 0.3 is 0 Å². The van der Waals surface area contributed by atoms with Gasteiger partial charge in [0.05, 0.1) is 6.61 Å². The molecular formula is C6H10NO2. The SMILES string of the molecule is [CH2]CN1OCCCC1=O. The van der Waals surface area contributed by atoms with Crippen LogP contribution in [0.25, 0.3) is 0 Å². The van der Waals surface area contributed by atoms with Crippen molar-refractivity contribution in [2.24, 2.45) is 0 Å². The van der Waals surface area contributed by atoms with E-state index < -0.39 is 0 Å². The predicted molar refractivity (Wildman–Crippen MR) is 32.3 cm³/mol. The third-order valence-corrected chi connectivity index (χ3v) is 1.26. The van der Waals surface area contributed by atoms with Gasteiger partial charge in [0.1, 0.15) is 0 Å². The molecule has 0 aromatic heterocycles. The standard InChI is InChI=1S/C6H10NO2/c1-2-7-6(8)4-3-5-9-7/h1-5H2. The Morgan fingerprint density at radius 3 is 3.00 bits per heavy atom. The van der Waals surface area contributed by atoms with Crippen LogP contribution in [-0.2, 0) is 9.63 Å². The van der Waals surface area contributed by atoms with Crippen LogP contribution in [0.2, 0.25) is 0 Å². The van der Waals surface area contributed by atoms with Crippen LogP contribution in [0.15, 0.2) is 0 Å². The molecule has 1 heterocycles. The minimum atomic E-state index is 0.0521. The molecule has 0 N–H and O–H groups in total. The average Bonchev–Trinajstić information content (AvgIpc) is 1.89. The summed E-state index contributed by atoms with van der Waals surface area (Å²) in [7, 11) is 0. The summed E-state index contributed by atoms with van der Waals surface area (Å²) >= 11 is 0. The zero-order valence-corrected chi connectivity index (χ0v) is 5.30. The van der Waals surface area contributed by atoms with Gasteiger partial charge in [0, 0.05) is 13.0 Å². The lowest BCUT2D eigenvalue weighted by molar-refractivity contribution is -0.194. The summed E-state index contributed by atoms with van der Waals surface area (Å²) < 4.78 is 0. The van der Waals surface area contributed by atoms with Crippen molar-refractivity contribution in [2.75, 3.05) is 13.2 Å². The predicted octanol–water partition coefficient (Wildman–Crippen LogP) is 0.374. The molecule has 0 bridgehead atoms. The molecule has 0 spiro atoms. The van der Waals surface area contributed by atoms with E-state index in [1.165, 1.54) is 5.06 Å². The van der Waals surface area contributed by atoms with E-state index in [4.69, 9.17) is 4.84 Å². The van der Waals surface area contributed by atoms with Gasteiger partial charge < -0.3 is 0 Å². The molecule has 51 valence electrons. The topological polar surface area (TPSA) is 29.5 Å². The Balaban J connectivity index is 2.39. The third kappa shape index (κ3) is 1.42. The Hall–Kier alpha value is -0.570. The van der Waals surface area contributed by atoms with Crippen LogP contribution >= 0.6 is 0 Å². The molecule has 3 nitrogen and oxygen atoms in total. The number of hydrogen-bond donors (Lipinski definition) is 0. The normalized spacial score (nSPS) is 20.6. The summed E-state index contributed by atoms with van der Waals surface area (Å²) in [6.07, 6.45) is 1.45. The average molecular weight is 128 g/mol. The molecule has 0 unspecified atom stereocenters. The van der Waals surface area contributed by atoms with Crippen molar-refractivity contribution in [1.82, 2.24) is 5.06 Å². The van der Waals surface area contributed by atoms with E-state index in [1.54, 1.807) is 0 Å². The number of amides is 1. The molecular weight excluding hydrogens is 118 g/mol. The lowest BCUT2D eigenvalue weighted by atomic mass is 10.3. The van der Waals surface area contributed by atoms with E-state index in [2.05, 4.69) is 6.92 Å². The van der Waals surface area contributed by atoms with Crippen LogP contribution in [0.1, 0.15) is 12.8 Å². The first-order chi connectivity index (χ1) is 4.34. The van der Waals surface area contributed by atoms with Crippen molar-refractivity contribution < 1.29 is 9.63 Å². The highest BCUT2D eigenvalue weighted by atomic mass is 16.7. The van der Waals surface area contributed by atoms with Gasteiger partial charge in [0.2, 0.25) is 5.91 Å². The summed E-state index contributed by atoms with van der Waals surface area (Å²) in [5, 5.41) is 1.31. The second-order valence-electron chi connectivity index (χ2n) is 1.93. The Morgan fingerprint density at radius 2 is 2.56 bits per heavy atom. The van der Waals surface area contributed by atoms with Crippen molar-refractivity contribution in [1.29, 1.82) is 0 Å². The Kier molecular flexibility index (Phi) is 2.05. The molecule has 1 radical (unpaired) electrons. The summed E-state index contributed by atoms with van der Waals surface area (Å²) in [4.78, 5) is 15.7. The zero-order valence-electron chi connectivity index (χ0n) is 5.30. The van der Waals surface area contributed by atoms with E-state index >= 15 is 0 Å². The Bertz CT molecular complexity index is 114. The second kappa shape index (κ2) is 2.82. The minimum absolute atomic E-state index is 0.0521. The van der Waals surface area contributed by atoms with Crippen LogP contribution in [0, 0.1) is 6.92 Å². The van der Waals surface area contributed by atoms with E-state index in [0.29, 0.717) is 19.6 Å². The molecule has 1 rings (SSSR count). The van der Waals surface area contributed by atoms with E-state index in [0.717, 1.165) is 6.42 Å². The Labute approximate surface area is 54.5 Å². The van der Waals surface area contributed by atoms with E-state index in [-0.39, 0.29) is 5.91 Å². The van der Waals surface area contributed by atoms with Crippen molar-refractivity contribution in [3.63, 3.8) is 0 Å². The molecule has 0 atom stereocenters. The fourth-order valence-electron chi connectivity index (χ4n) is 0.784. The minimum Gasteiger partial charge on any atom is -0.273 e.